The second kappa shape index (κ2) is 7.05. The number of hydrogen-bond acceptors (Lipinski definition) is 3. The van der Waals surface area contributed by atoms with Gasteiger partial charge >= 0.3 is 0 Å². The summed E-state index contributed by atoms with van der Waals surface area (Å²) in [5.41, 5.74) is 2.16. The first kappa shape index (κ1) is 17.6. The van der Waals surface area contributed by atoms with Gasteiger partial charge in [-0.25, -0.2) is 0 Å². The predicted octanol–water partition coefficient (Wildman–Crippen LogP) is 2.14. The Morgan fingerprint density at radius 3 is 2.69 bits per heavy atom. The lowest BCUT2D eigenvalue weighted by atomic mass is 9.94. The summed E-state index contributed by atoms with van der Waals surface area (Å²) in [6.45, 7) is 7.09. The van der Waals surface area contributed by atoms with Crippen molar-refractivity contribution in [2.75, 3.05) is 19.6 Å². The molecular formula is C20H30N4O2. The number of amides is 2. The minimum Gasteiger partial charge on any atom is -0.340 e. The Balaban J connectivity index is 1.33. The molecule has 142 valence electrons. The van der Waals surface area contributed by atoms with Crippen molar-refractivity contribution in [1.29, 1.82) is 0 Å². The van der Waals surface area contributed by atoms with E-state index in [1.807, 2.05) is 23.4 Å². The van der Waals surface area contributed by atoms with Crippen LogP contribution in [0.3, 0.4) is 0 Å². The van der Waals surface area contributed by atoms with Gasteiger partial charge in [0.25, 0.3) is 0 Å². The summed E-state index contributed by atoms with van der Waals surface area (Å²) in [7, 11) is 0. The van der Waals surface area contributed by atoms with Gasteiger partial charge in [-0.3, -0.25) is 14.3 Å². The van der Waals surface area contributed by atoms with Crippen LogP contribution in [0.5, 0.6) is 0 Å². The molecule has 26 heavy (non-hydrogen) atoms. The van der Waals surface area contributed by atoms with Crippen LogP contribution in [0.1, 0.15) is 49.9 Å². The molecule has 5 rings (SSSR count). The van der Waals surface area contributed by atoms with Crippen molar-refractivity contribution in [3.05, 3.63) is 17.5 Å². The van der Waals surface area contributed by atoms with Crippen molar-refractivity contribution < 1.29 is 9.59 Å². The van der Waals surface area contributed by atoms with Crippen LogP contribution in [0, 0.1) is 25.7 Å². The molecule has 0 spiro atoms. The van der Waals surface area contributed by atoms with Gasteiger partial charge in [0.2, 0.25) is 11.8 Å². The summed E-state index contributed by atoms with van der Waals surface area (Å²) < 4.78 is 1.98. The Hall–Kier alpha value is -1.85. The van der Waals surface area contributed by atoms with Gasteiger partial charge < -0.3 is 9.80 Å². The van der Waals surface area contributed by atoms with E-state index >= 15 is 0 Å². The number of carbonyl (C=O) groups is 2. The molecule has 1 aromatic rings. The third kappa shape index (κ3) is 3.64. The molecule has 2 bridgehead atoms. The zero-order chi connectivity index (χ0) is 18.3. The van der Waals surface area contributed by atoms with Gasteiger partial charge in [-0.1, -0.05) is 0 Å². The first-order valence-corrected chi connectivity index (χ1v) is 10.1. The summed E-state index contributed by atoms with van der Waals surface area (Å²) >= 11 is 0. The van der Waals surface area contributed by atoms with Crippen molar-refractivity contribution in [3.8, 4) is 0 Å². The molecule has 4 aliphatic rings. The molecule has 2 atom stereocenters. The quantitative estimate of drug-likeness (QED) is 0.783. The maximum atomic E-state index is 12.8. The predicted molar refractivity (Wildman–Crippen MR) is 98.5 cm³/mol. The molecule has 4 heterocycles. The minimum absolute atomic E-state index is 0.0208. The molecule has 6 nitrogen and oxygen atoms in total. The second-order valence-corrected chi connectivity index (χ2v) is 8.41. The fourth-order valence-corrected chi connectivity index (χ4v) is 4.50. The Morgan fingerprint density at radius 2 is 2.00 bits per heavy atom. The molecular weight excluding hydrogens is 328 g/mol. The topological polar surface area (TPSA) is 58.4 Å². The van der Waals surface area contributed by atoms with Gasteiger partial charge in [0.15, 0.2) is 0 Å². The molecule has 0 aromatic carbocycles. The highest BCUT2D eigenvalue weighted by Crippen LogP contribution is 2.35. The van der Waals surface area contributed by atoms with Crippen molar-refractivity contribution in [2.45, 2.75) is 65.0 Å². The van der Waals surface area contributed by atoms with E-state index in [9.17, 15) is 9.59 Å². The third-order valence-electron chi connectivity index (χ3n) is 6.16. The zero-order valence-electron chi connectivity index (χ0n) is 16.0. The molecule has 0 N–H and O–H groups in total. The van der Waals surface area contributed by atoms with Crippen molar-refractivity contribution in [1.82, 2.24) is 19.6 Å². The van der Waals surface area contributed by atoms with E-state index in [0.717, 1.165) is 50.3 Å². The van der Waals surface area contributed by atoms with E-state index in [4.69, 9.17) is 0 Å². The number of hydrogen-bond donors (Lipinski definition) is 0. The number of aromatic nitrogens is 2. The lowest BCUT2D eigenvalue weighted by molar-refractivity contribution is -0.140. The first-order chi connectivity index (χ1) is 12.5. The molecule has 4 fully saturated rings. The number of fused-ring (bicyclic) bond motifs is 4. The second-order valence-electron chi connectivity index (χ2n) is 8.41. The van der Waals surface area contributed by atoms with Crippen molar-refractivity contribution in [3.63, 3.8) is 0 Å². The Morgan fingerprint density at radius 1 is 1.19 bits per heavy atom. The Kier molecular flexibility index (Phi) is 4.76. The van der Waals surface area contributed by atoms with E-state index in [2.05, 4.69) is 16.1 Å². The molecule has 6 heteroatoms. The Bertz CT molecular complexity index is 694. The average molecular weight is 358 g/mol. The van der Waals surface area contributed by atoms with Gasteiger partial charge in [-0.05, 0) is 57.9 Å². The standard InChI is InChI=1S/C20H30N4O2/c1-14-10-15(2)24(21-14)9-3-4-19(25)22-12-17-7-8-18(13-22)23(20(17)26)11-16-5-6-16/h10,16-18H,3-9,11-13H2,1-2H3. The molecule has 2 unspecified atom stereocenters. The normalized spacial score (nSPS) is 25.7. The lowest BCUT2D eigenvalue weighted by Gasteiger charge is -2.36. The van der Waals surface area contributed by atoms with Crippen LogP contribution < -0.4 is 0 Å². The third-order valence-corrected chi connectivity index (χ3v) is 6.16. The highest BCUT2D eigenvalue weighted by atomic mass is 16.2. The summed E-state index contributed by atoms with van der Waals surface area (Å²) in [4.78, 5) is 29.6. The SMILES string of the molecule is Cc1cc(C)n(CCCC(=O)N2CC3CCC(C2)N(CC2CC2)C3=O)n1. The molecule has 1 aromatic heterocycles. The van der Waals surface area contributed by atoms with Gasteiger partial charge in [0.05, 0.1) is 11.6 Å². The summed E-state index contributed by atoms with van der Waals surface area (Å²) in [6.07, 6.45) is 5.85. The van der Waals surface area contributed by atoms with Crippen LogP contribution >= 0.6 is 0 Å². The lowest BCUT2D eigenvalue weighted by Crippen LogP contribution is -2.48. The van der Waals surface area contributed by atoms with Crippen molar-refractivity contribution in [2.24, 2.45) is 11.8 Å². The van der Waals surface area contributed by atoms with Crippen LogP contribution in [0.25, 0.3) is 0 Å². The first-order valence-electron chi connectivity index (χ1n) is 10.1. The summed E-state index contributed by atoms with van der Waals surface area (Å²) in [5, 5.41) is 4.46. The minimum atomic E-state index is 0.0208. The van der Waals surface area contributed by atoms with Gasteiger partial charge in [-0.2, -0.15) is 5.10 Å². The highest BCUT2D eigenvalue weighted by Gasteiger charge is 2.43. The molecule has 1 saturated carbocycles. The van der Waals surface area contributed by atoms with Gasteiger partial charge in [0, 0.05) is 44.3 Å². The summed E-state index contributed by atoms with van der Waals surface area (Å²) in [5.74, 6) is 1.23. The fourth-order valence-electron chi connectivity index (χ4n) is 4.50. The molecule has 0 radical (unpaired) electrons. The maximum Gasteiger partial charge on any atom is 0.227 e. The monoisotopic (exact) mass is 358 g/mol. The highest BCUT2D eigenvalue weighted by molar-refractivity contribution is 5.83. The van der Waals surface area contributed by atoms with Crippen LogP contribution in [-0.4, -0.2) is 57.1 Å². The fraction of sp³-hybridized carbons (Fsp3) is 0.750. The number of piperidine rings is 1. The molecule has 3 aliphatic heterocycles. The van der Waals surface area contributed by atoms with Crippen LogP contribution in [0.4, 0.5) is 0 Å². The smallest absolute Gasteiger partial charge is 0.227 e. The maximum absolute atomic E-state index is 12.8. The van der Waals surface area contributed by atoms with Crippen LogP contribution in [0.15, 0.2) is 6.07 Å². The van der Waals surface area contributed by atoms with Gasteiger partial charge in [0.1, 0.15) is 0 Å². The van der Waals surface area contributed by atoms with E-state index in [0.29, 0.717) is 24.8 Å². The van der Waals surface area contributed by atoms with Crippen LogP contribution in [-0.2, 0) is 16.1 Å². The van der Waals surface area contributed by atoms with E-state index < -0.39 is 0 Å². The number of carbonyl (C=O) groups excluding carboxylic acids is 2. The van der Waals surface area contributed by atoms with Crippen LogP contribution in [0.2, 0.25) is 0 Å². The zero-order valence-corrected chi connectivity index (χ0v) is 16.0. The van der Waals surface area contributed by atoms with E-state index in [1.165, 1.54) is 12.8 Å². The summed E-state index contributed by atoms with van der Waals surface area (Å²) in [6, 6.07) is 2.30. The molecule has 3 saturated heterocycles. The average Bonchev–Trinajstić information content (AvgIpc) is 3.40. The number of rotatable bonds is 6. The molecule has 1 aliphatic carbocycles. The largest absolute Gasteiger partial charge is 0.340 e. The van der Waals surface area contributed by atoms with Crippen molar-refractivity contribution >= 4 is 11.8 Å². The molecule has 2 amide bonds. The van der Waals surface area contributed by atoms with E-state index in [1.54, 1.807) is 0 Å². The number of nitrogens with zero attached hydrogens (tertiary/aromatic N) is 4. The Labute approximate surface area is 155 Å². The van der Waals surface area contributed by atoms with Gasteiger partial charge in [-0.15, -0.1) is 0 Å². The number of aryl methyl sites for hydroxylation is 3. The van der Waals surface area contributed by atoms with E-state index in [-0.39, 0.29) is 17.9 Å².